The molecule has 0 heterocycles. The zero-order chi connectivity index (χ0) is 19.1. The number of carboxylic acids is 1. The van der Waals surface area contributed by atoms with Gasteiger partial charge in [-0.05, 0) is 42.5 Å². The van der Waals surface area contributed by atoms with E-state index in [9.17, 15) is 14.4 Å². The van der Waals surface area contributed by atoms with E-state index in [1.807, 2.05) is 0 Å². The van der Waals surface area contributed by atoms with Crippen LogP contribution in [-0.4, -0.2) is 37.0 Å². The number of ketones is 1. The number of ether oxygens (including phenoxy) is 2. The molecule has 0 bridgehead atoms. The fourth-order valence-corrected chi connectivity index (χ4v) is 2.30. The number of hydrogen-bond donors (Lipinski definition) is 2. The topological polar surface area (TPSA) is 102 Å². The fourth-order valence-electron chi connectivity index (χ4n) is 2.30. The Morgan fingerprint density at radius 1 is 0.885 bits per heavy atom. The van der Waals surface area contributed by atoms with Gasteiger partial charge in [0.1, 0.15) is 0 Å². The van der Waals surface area contributed by atoms with Gasteiger partial charge in [-0.2, -0.15) is 0 Å². The summed E-state index contributed by atoms with van der Waals surface area (Å²) in [6.45, 7) is 0. The van der Waals surface area contributed by atoms with Gasteiger partial charge in [0.2, 0.25) is 5.91 Å². The van der Waals surface area contributed by atoms with Crippen molar-refractivity contribution in [1.29, 1.82) is 0 Å². The molecule has 2 aromatic carbocycles. The summed E-state index contributed by atoms with van der Waals surface area (Å²) in [6.07, 6.45) is 0.0440. The molecular weight excluding hydrogens is 338 g/mol. The van der Waals surface area contributed by atoms with E-state index in [0.29, 0.717) is 22.7 Å². The molecule has 2 N–H and O–H groups in total. The van der Waals surface area contributed by atoms with Crippen LogP contribution in [0, 0.1) is 0 Å². The molecule has 136 valence electrons. The van der Waals surface area contributed by atoms with Crippen molar-refractivity contribution < 1.29 is 29.0 Å². The fraction of sp³-hybridized carbons (Fsp3) is 0.211. The third-order valence-corrected chi connectivity index (χ3v) is 3.70. The highest BCUT2D eigenvalue weighted by Crippen LogP contribution is 2.28. The van der Waals surface area contributed by atoms with Gasteiger partial charge in [-0.15, -0.1) is 0 Å². The predicted octanol–water partition coefficient (Wildman–Crippen LogP) is 3.00. The van der Waals surface area contributed by atoms with E-state index < -0.39 is 5.97 Å². The van der Waals surface area contributed by atoms with Gasteiger partial charge in [0, 0.05) is 24.1 Å². The zero-order valence-electron chi connectivity index (χ0n) is 14.4. The van der Waals surface area contributed by atoms with Crippen molar-refractivity contribution in [3.63, 3.8) is 0 Å². The normalized spacial score (nSPS) is 10.1. The van der Waals surface area contributed by atoms with Crippen LogP contribution in [0.5, 0.6) is 11.5 Å². The maximum Gasteiger partial charge on any atom is 0.335 e. The average molecular weight is 357 g/mol. The van der Waals surface area contributed by atoms with Gasteiger partial charge >= 0.3 is 5.97 Å². The van der Waals surface area contributed by atoms with Crippen molar-refractivity contribution in [3.05, 3.63) is 53.6 Å². The van der Waals surface area contributed by atoms with E-state index in [4.69, 9.17) is 14.6 Å². The maximum atomic E-state index is 12.2. The van der Waals surface area contributed by atoms with Crippen LogP contribution in [-0.2, 0) is 4.79 Å². The Labute approximate surface area is 150 Å². The zero-order valence-corrected chi connectivity index (χ0v) is 14.4. The molecule has 0 aromatic heterocycles. The van der Waals surface area contributed by atoms with E-state index in [2.05, 4.69) is 5.32 Å². The second-order valence-corrected chi connectivity index (χ2v) is 5.42. The van der Waals surface area contributed by atoms with Crippen LogP contribution in [0.15, 0.2) is 42.5 Å². The monoisotopic (exact) mass is 357 g/mol. The molecule has 0 saturated carbocycles. The molecule has 1 amide bonds. The summed E-state index contributed by atoms with van der Waals surface area (Å²) >= 11 is 0. The number of amides is 1. The van der Waals surface area contributed by atoms with Gasteiger partial charge in [-0.3, -0.25) is 9.59 Å². The lowest BCUT2D eigenvalue weighted by Gasteiger charge is -2.09. The Balaban J connectivity index is 1.92. The number of hydrogen-bond acceptors (Lipinski definition) is 5. The summed E-state index contributed by atoms with van der Waals surface area (Å²) in [4.78, 5) is 35.0. The summed E-state index contributed by atoms with van der Waals surface area (Å²) in [7, 11) is 2.99. The Bertz CT molecular complexity index is 813. The van der Waals surface area contributed by atoms with E-state index in [1.54, 1.807) is 18.2 Å². The van der Waals surface area contributed by atoms with Gasteiger partial charge in [-0.1, -0.05) is 0 Å². The third kappa shape index (κ3) is 4.83. The number of anilines is 1. The SMILES string of the molecule is COc1ccc(C(=O)CCC(=O)Nc2ccc(C(=O)O)cc2)cc1OC. The molecule has 0 radical (unpaired) electrons. The molecule has 2 rings (SSSR count). The Morgan fingerprint density at radius 3 is 2.08 bits per heavy atom. The maximum absolute atomic E-state index is 12.2. The Kier molecular flexibility index (Phi) is 6.32. The van der Waals surface area contributed by atoms with Gasteiger partial charge in [-0.25, -0.2) is 4.79 Å². The first-order chi connectivity index (χ1) is 12.4. The van der Waals surface area contributed by atoms with Crippen LogP contribution in [0.4, 0.5) is 5.69 Å². The number of carboxylic acid groups (broad SMARTS) is 1. The second-order valence-electron chi connectivity index (χ2n) is 5.42. The van der Waals surface area contributed by atoms with Crippen molar-refractivity contribution in [2.24, 2.45) is 0 Å². The Morgan fingerprint density at radius 2 is 1.50 bits per heavy atom. The van der Waals surface area contributed by atoms with Crippen LogP contribution in [0.2, 0.25) is 0 Å². The quantitative estimate of drug-likeness (QED) is 0.704. The number of nitrogens with one attached hydrogen (secondary N) is 1. The van der Waals surface area contributed by atoms with Crippen LogP contribution in [0.3, 0.4) is 0 Å². The minimum absolute atomic E-state index is 0.00780. The average Bonchev–Trinajstić information content (AvgIpc) is 2.65. The van der Waals surface area contributed by atoms with Crippen LogP contribution < -0.4 is 14.8 Å². The molecule has 26 heavy (non-hydrogen) atoms. The van der Waals surface area contributed by atoms with Crippen molar-refractivity contribution in [2.75, 3.05) is 19.5 Å². The van der Waals surface area contributed by atoms with E-state index in [0.717, 1.165) is 0 Å². The standard InChI is InChI=1S/C19H19NO6/c1-25-16-9-5-13(11-17(16)26-2)15(21)8-10-18(22)20-14-6-3-12(4-7-14)19(23)24/h3-7,9,11H,8,10H2,1-2H3,(H,20,22)(H,23,24). The molecule has 7 heteroatoms. The Hall–Kier alpha value is -3.35. The summed E-state index contributed by atoms with van der Waals surface area (Å²) in [5.41, 5.74) is 1.03. The number of Topliss-reactive ketones (excluding diaryl/α,β-unsaturated/α-hetero) is 1. The predicted molar refractivity (Wildman–Crippen MR) is 95.1 cm³/mol. The van der Waals surface area contributed by atoms with Gasteiger partial charge in [0.15, 0.2) is 17.3 Å². The molecular formula is C19H19NO6. The number of rotatable bonds is 8. The van der Waals surface area contributed by atoms with Crippen molar-refractivity contribution in [3.8, 4) is 11.5 Å². The van der Waals surface area contributed by atoms with Crippen LogP contribution in [0.25, 0.3) is 0 Å². The highest BCUT2D eigenvalue weighted by atomic mass is 16.5. The number of carbonyl (C=O) groups is 3. The number of methoxy groups -OCH3 is 2. The summed E-state index contributed by atoms with van der Waals surface area (Å²) < 4.78 is 10.3. The molecule has 2 aromatic rings. The third-order valence-electron chi connectivity index (χ3n) is 3.70. The van der Waals surface area contributed by atoms with Gasteiger partial charge in [0.05, 0.1) is 19.8 Å². The summed E-state index contributed by atoms with van der Waals surface area (Å²) in [5, 5.41) is 11.5. The lowest BCUT2D eigenvalue weighted by Crippen LogP contribution is -2.13. The van der Waals surface area contributed by atoms with Gasteiger partial charge in [0.25, 0.3) is 0 Å². The molecule has 0 fully saturated rings. The highest BCUT2D eigenvalue weighted by Gasteiger charge is 2.13. The van der Waals surface area contributed by atoms with Gasteiger partial charge < -0.3 is 19.9 Å². The largest absolute Gasteiger partial charge is 0.493 e. The first-order valence-corrected chi connectivity index (χ1v) is 7.83. The molecule has 7 nitrogen and oxygen atoms in total. The molecule has 0 atom stereocenters. The van der Waals surface area contributed by atoms with Crippen molar-refractivity contribution in [2.45, 2.75) is 12.8 Å². The smallest absolute Gasteiger partial charge is 0.335 e. The highest BCUT2D eigenvalue weighted by molar-refractivity contribution is 6.00. The molecule has 0 unspecified atom stereocenters. The lowest BCUT2D eigenvalue weighted by atomic mass is 10.1. The van der Waals surface area contributed by atoms with E-state index in [-0.39, 0.29) is 30.1 Å². The second kappa shape index (κ2) is 8.66. The summed E-state index contributed by atoms with van der Waals surface area (Å²) in [6, 6.07) is 10.6. The first-order valence-electron chi connectivity index (χ1n) is 7.83. The molecule has 0 saturated heterocycles. The van der Waals surface area contributed by atoms with E-state index >= 15 is 0 Å². The molecule has 0 aliphatic rings. The molecule has 0 aliphatic heterocycles. The van der Waals surface area contributed by atoms with Crippen LogP contribution in [0.1, 0.15) is 33.6 Å². The first kappa shape index (κ1) is 19.0. The number of benzene rings is 2. The van der Waals surface area contributed by atoms with Crippen LogP contribution >= 0.6 is 0 Å². The van der Waals surface area contributed by atoms with Crippen molar-refractivity contribution in [1.82, 2.24) is 0 Å². The minimum Gasteiger partial charge on any atom is -0.493 e. The minimum atomic E-state index is -1.04. The van der Waals surface area contributed by atoms with Crippen molar-refractivity contribution >= 4 is 23.3 Å². The van der Waals surface area contributed by atoms with E-state index in [1.165, 1.54) is 38.5 Å². The summed E-state index contributed by atoms with van der Waals surface area (Å²) in [5.74, 6) is -0.597. The molecule has 0 spiro atoms. The molecule has 0 aliphatic carbocycles. The number of aromatic carboxylic acids is 1. The number of carbonyl (C=O) groups excluding carboxylic acids is 2. The lowest BCUT2D eigenvalue weighted by molar-refractivity contribution is -0.116.